The molecule has 1 aliphatic heterocycles. The first-order valence-electron chi connectivity index (χ1n) is 5.53. The number of cyclic esters (lactones) is 2. The van der Waals surface area contributed by atoms with Gasteiger partial charge in [0.25, 0.3) is 0 Å². The van der Waals surface area contributed by atoms with Crippen molar-refractivity contribution in [1.82, 2.24) is 0 Å². The fourth-order valence-corrected chi connectivity index (χ4v) is 2.68. The summed E-state index contributed by atoms with van der Waals surface area (Å²) >= 11 is 0. The van der Waals surface area contributed by atoms with Gasteiger partial charge in [-0.1, -0.05) is 20.8 Å². The molecule has 0 atom stereocenters. The maximum atomic E-state index is 11.1. The Morgan fingerprint density at radius 1 is 1.19 bits per heavy atom. The second-order valence-corrected chi connectivity index (χ2v) is 10.5. The summed E-state index contributed by atoms with van der Waals surface area (Å²) in [6, 6.07) is 0. The second kappa shape index (κ2) is 4.29. The first-order valence-corrected chi connectivity index (χ1v) is 8.44. The average molecular weight is 244 g/mol. The molecule has 1 rings (SSSR count). The lowest BCUT2D eigenvalue weighted by Crippen LogP contribution is -2.46. The summed E-state index contributed by atoms with van der Waals surface area (Å²) in [5.74, 6) is -0.945. The molecule has 1 heterocycles. The molecule has 4 nitrogen and oxygen atoms in total. The van der Waals surface area contributed by atoms with Gasteiger partial charge in [-0.2, -0.15) is 0 Å². The number of carbonyl (C=O) groups is 2. The number of rotatable bonds is 2. The van der Waals surface area contributed by atoms with Crippen molar-refractivity contribution in [2.45, 2.75) is 57.8 Å². The third-order valence-electron chi connectivity index (χ3n) is 3.28. The van der Waals surface area contributed by atoms with E-state index in [-0.39, 0.29) is 24.0 Å². The van der Waals surface area contributed by atoms with Crippen molar-refractivity contribution in [3.63, 3.8) is 0 Å². The van der Waals surface area contributed by atoms with Gasteiger partial charge in [0.2, 0.25) is 0 Å². The minimum absolute atomic E-state index is 0.0808. The molecular formula is C11H20O4Si. The van der Waals surface area contributed by atoms with Crippen LogP contribution in [0.25, 0.3) is 0 Å². The molecule has 0 aliphatic carbocycles. The topological polar surface area (TPSA) is 52.6 Å². The van der Waals surface area contributed by atoms with Gasteiger partial charge < -0.3 is 9.16 Å². The molecule has 1 fully saturated rings. The first-order chi connectivity index (χ1) is 7.12. The van der Waals surface area contributed by atoms with Crippen molar-refractivity contribution in [2.24, 2.45) is 0 Å². The summed E-state index contributed by atoms with van der Waals surface area (Å²) in [6.45, 7) is 10.6. The van der Waals surface area contributed by atoms with Crippen LogP contribution in [0.5, 0.6) is 0 Å². The summed E-state index contributed by atoms with van der Waals surface area (Å²) in [7, 11) is -1.91. The average Bonchev–Trinajstić information content (AvgIpc) is 1.97. The fourth-order valence-electron chi connectivity index (χ4n) is 1.33. The maximum Gasteiger partial charge on any atom is 0.316 e. The zero-order chi connectivity index (χ0) is 12.6. The van der Waals surface area contributed by atoms with Crippen LogP contribution in [0.3, 0.4) is 0 Å². The van der Waals surface area contributed by atoms with Gasteiger partial charge in [0.05, 0.1) is 18.9 Å². The van der Waals surface area contributed by atoms with Gasteiger partial charge >= 0.3 is 11.9 Å². The fraction of sp³-hybridized carbons (Fsp3) is 0.818. The number of hydrogen-bond acceptors (Lipinski definition) is 4. The van der Waals surface area contributed by atoms with Crippen LogP contribution in [-0.4, -0.2) is 26.4 Å². The van der Waals surface area contributed by atoms with Crippen LogP contribution >= 0.6 is 0 Å². The van der Waals surface area contributed by atoms with E-state index in [0.29, 0.717) is 0 Å². The zero-order valence-electron chi connectivity index (χ0n) is 10.6. The highest BCUT2D eigenvalue weighted by atomic mass is 28.4. The van der Waals surface area contributed by atoms with E-state index in [1.165, 1.54) is 0 Å². The van der Waals surface area contributed by atoms with E-state index in [0.717, 1.165) is 0 Å². The number of carbonyl (C=O) groups excluding carboxylic acids is 2. The molecule has 0 aromatic rings. The summed E-state index contributed by atoms with van der Waals surface area (Å²) < 4.78 is 10.5. The lowest BCUT2D eigenvalue weighted by atomic mass is 10.1. The van der Waals surface area contributed by atoms with Gasteiger partial charge in [-0.25, -0.2) is 0 Å². The molecule has 0 saturated carbocycles. The van der Waals surface area contributed by atoms with Crippen molar-refractivity contribution >= 4 is 20.3 Å². The van der Waals surface area contributed by atoms with E-state index < -0.39 is 20.3 Å². The van der Waals surface area contributed by atoms with Crippen LogP contribution in [0.1, 0.15) is 33.6 Å². The van der Waals surface area contributed by atoms with Crippen molar-refractivity contribution in [3.8, 4) is 0 Å². The minimum atomic E-state index is -1.91. The van der Waals surface area contributed by atoms with E-state index in [4.69, 9.17) is 4.43 Å². The molecule has 0 N–H and O–H groups in total. The standard InChI is InChI=1S/C11H20O4Si/c1-11(2,3)16(4,5)15-8-6-9(12)14-10(13)7-8/h8H,6-7H2,1-5H3. The Kier molecular flexibility index (Phi) is 3.59. The van der Waals surface area contributed by atoms with Gasteiger partial charge in [0, 0.05) is 0 Å². The van der Waals surface area contributed by atoms with Crippen LogP contribution in [0.15, 0.2) is 0 Å². The Balaban J connectivity index is 2.67. The second-order valence-electron chi connectivity index (χ2n) is 5.75. The Morgan fingerprint density at radius 3 is 2.00 bits per heavy atom. The third kappa shape index (κ3) is 3.15. The number of hydrogen-bond donors (Lipinski definition) is 0. The molecule has 92 valence electrons. The molecule has 0 amide bonds. The van der Waals surface area contributed by atoms with Crippen molar-refractivity contribution in [1.29, 1.82) is 0 Å². The van der Waals surface area contributed by atoms with E-state index in [1.54, 1.807) is 0 Å². The highest BCUT2D eigenvalue weighted by Gasteiger charge is 2.41. The lowest BCUT2D eigenvalue weighted by Gasteiger charge is -2.39. The molecule has 0 spiro atoms. The molecule has 1 saturated heterocycles. The van der Waals surface area contributed by atoms with E-state index in [1.807, 2.05) is 0 Å². The van der Waals surface area contributed by atoms with Crippen LogP contribution < -0.4 is 0 Å². The Hall–Kier alpha value is -0.683. The molecule has 0 unspecified atom stereocenters. The SMILES string of the molecule is CC(C)(C)[Si](C)(C)OC1CC(=O)OC(=O)C1. The van der Waals surface area contributed by atoms with Crippen LogP contribution in [0.2, 0.25) is 18.1 Å². The van der Waals surface area contributed by atoms with Gasteiger partial charge in [0.1, 0.15) is 0 Å². The summed E-state index contributed by atoms with van der Waals surface area (Å²) in [5, 5.41) is 0.0808. The van der Waals surface area contributed by atoms with E-state index in [9.17, 15) is 9.59 Å². The van der Waals surface area contributed by atoms with Crippen LogP contribution in [-0.2, 0) is 18.8 Å². The maximum absolute atomic E-state index is 11.1. The van der Waals surface area contributed by atoms with Gasteiger partial charge in [-0.15, -0.1) is 0 Å². The first kappa shape index (κ1) is 13.4. The molecule has 0 aromatic carbocycles. The van der Waals surface area contributed by atoms with Crippen molar-refractivity contribution < 1.29 is 18.8 Å². The molecule has 5 heteroatoms. The summed E-state index contributed by atoms with van der Waals surface area (Å²) in [5.41, 5.74) is 0. The zero-order valence-corrected chi connectivity index (χ0v) is 11.6. The molecule has 0 aromatic heterocycles. The normalized spacial score (nSPS) is 19.8. The lowest BCUT2D eigenvalue weighted by molar-refractivity contribution is -0.167. The smallest absolute Gasteiger partial charge is 0.316 e. The molecule has 0 radical (unpaired) electrons. The summed E-state index contributed by atoms with van der Waals surface area (Å²) in [6.07, 6.45) is 0.0888. The molecule has 1 aliphatic rings. The van der Waals surface area contributed by atoms with Crippen molar-refractivity contribution in [2.75, 3.05) is 0 Å². The Bertz CT molecular complexity index is 288. The van der Waals surface area contributed by atoms with E-state index in [2.05, 4.69) is 38.6 Å². The Labute approximate surface area is 97.4 Å². The largest absolute Gasteiger partial charge is 0.413 e. The highest BCUT2D eigenvalue weighted by Crippen LogP contribution is 2.38. The molecule has 16 heavy (non-hydrogen) atoms. The predicted molar refractivity (Wildman–Crippen MR) is 62.4 cm³/mol. The van der Waals surface area contributed by atoms with Gasteiger partial charge in [-0.3, -0.25) is 9.59 Å². The van der Waals surface area contributed by atoms with E-state index >= 15 is 0 Å². The molecular weight excluding hydrogens is 224 g/mol. The van der Waals surface area contributed by atoms with Crippen LogP contribution in [0, 0.1) is 0 Å². The van der Waals surface area contributed by atoms with Gasteiger partial charge in [0.15, 0.2) is 8.32 Å². The summed E-state index contributed by atoms with van der Waals surface area (Å²) in [4.78, 5) is 22.2. The number of ether oxygens (including phenoxy) is 1. The number of esters is 2. The predicted octanol–water partition coefficient (Wildman–Crippen LogP) is 2.24. The Morgan fingerprint density at radius 2 is 1.62 bits per heavy atom. The molecule has 0 bridgehead atoms. The minimum Gasteiger partial charge on any atom is -0.413 e. The quantitative estimate of drug-likeness (QED) is 0.425. The monoisotopic (exact) mass is 244 g/mol. The highest BCUT2D eigenvalue weighted by molar-refractivity contribution is 6.74. The van der Waals surface area contributed by atoms with Crippen LogP contribution in [0.4, 0.5) is 0 Å². The third-order valence-corrected chi connectivity index (χ3v) is 7.82. The van der Waals surface area contributed by atoms with Crippen molar-refractivity contribution in [3.05, 3.63) is 0 Å². The van der Waals surface area contributed by atoms with Gasteiger partial charge in [-0.05, 0) is 18.1 Å².